The van der Waals surface area contributed by atoms with Gasteiger partial charge in [0, 0.05) is 62.7 Å². The molecule has 10 nitrogen and oxygen atoms in total. The normalized spacial score (nSPS) is 16.8. The predicted octanol–water partition coefficient (Wildman–Crippen LogP) is 7.15. The number of likely N-dealkylation sites (tertiary alicyclic amines) is 1. The van der Waals surface area contributed by atoms with Crippen molar-refractivity contribution in [3.63, 3.8) is 0 Å². The molecular formula is C46H44ClF3N6O4Si. The Hall–Kier alpha value is -5.54. The van der Waals surface area contributed by atoms with E-state index in [2.05, 4.69) is 48.7 Å². The Bertz CT molecular complexity index is 2680. The quantitative estimate of drug-likeness (QED) is 0.0656. The number of imidazole rings is 1. The SMILES string of the molecule is CC(C)(Cc1ccn2c(C3=C(c4cn5c6c(cc(C(F)(F)F)cc46)CNCC5)C(=O)NC3=O)cnc2c1)[Si](OCC1CCN(C(=O)Cl)CC1)(c1ccccc1)c1ccccc1. The minimum Gasteiger partial charge on any atom is -0.407 e. The first-order valence-electron chi connectivity index (χ1n) is 20.4. The molecule has 0 spiro atoms. The molecule has 3 aliphatic heterocycles. The third-order valence-electron chi connectivity index (χ3n) is 12.6. The Morgan fingerprint density at radius 3 is 2.25 bits per heavy atom. The van der Waals surface area contributed by atoms with Crippen LogP contribution in [0.3, 0.4) is 0 Å². The predicted molar refractivity (Wildman–Crippen MR) is 231 cm³/mol. The first-order valence-corrected chi connectivity index (χ1v) is 22.7. The third-order valence-corrected chi connectivity index (χ3v) is 17.8. The topological polar surface area (TPSA) is 110 Å². The number of alkyl halides is 3. The Balaban J connectivity index is 1.10. The maximum atomic E-state index is 14.2. The molecule has 0 saturated carbocycles. The summed E-state index contributed by atoms with van der Waals surface area (Å²) in [7, 11) is -3.08. The molecule has 9 rings (SSSR count). The smallest absolute Gasteiger partial charge is 0.407 e. The second-order valence-electron chi connectivity index (χ2n) is 16.9. The van der Waals surface area contributed by atoms with Gasteiger partial charge in [-0.15, -0.1) is 0 Å². The molecule has 1 fully saturated rings. The molecule has 0 unspecified atom stereocenters. The average Bonchev–Trinajstić information content (AvgIpc) is 3.85. The van der Waals surface area contributed by atoms with Crippen LogP contribution in [0.15, 0.2) is 104 Å². The van der Waals surface area contributed by atoms with E-state index in [-0.39, 0.29) is 34.6 Å². The number of piperidine rings is 1. The molecule has 3 aromatic heterocycles. The van der Waals surface area contributed by atoms with Crippen LogP contribution < -0.4 is 21.0 Å². The molecule has 0 aliphatic carbocycles. The van der Waals surface area contributed by atoms with E-state index in [1.807, 2.05) is 59.3 Å². The Labute approximate surface area is 356 Å². The summed E-state index contributed by atoms with van der Waals surface area (Å²) in [5, 5.41) is 7.25. The van der Waals surface area contributed by atoms with Crippen LogP contribution in [0.1, 0.15) is 54.6 Å². The van der Waals surface area contributed by atoms with E-state index in [0.29, 0.717) is 61.6 Å². The Kier molecular flexibility index (Phi) is 10.5. The number of carbonyl (C=O) groups excluding carboxylic acids is 3. The molecule has 15 heteroatoms. The minimum atomic E-state index is -4.61. The zero-order valence-corrected chi connectivity index (χ0v) is 35.4. The van der Waals surface area contributed by atoms with Crippen LogP contribution in [0, 0.1) is 5.92 Å². The number of benzene rings is 3. The van der Waals surface area contributed by atoms with Gasteiger partial charge < -0.3 is 19.2 Å². The lowest BCUT2D eigenvalue weighted by Gasteiger charge is -2.46. The van der Waals surface area contributed by atoms with Crippen LogP contribution in [0.4, 0.5) is 18.0 Å². The molecule has 314 valence electrons. The monoisotopic (exact) mass is 864 g/mol. The summed E-state index contributed by atoms with van der Waals surface area (Å²) in [5.74, 6) is -1.07. The number of carbonyl (C=O) groups is 3. The van der Waals surface area contributed by atoms with Gasteiger partial charge in [-0.3, -0.25) is 24.1 Å². The maximum absolute atomic E-state index is 14.2. The maximum Gasteiger partial charge on any atom is 0.416 e. The van der Waals surface area contributed by atoms with Crippen molar-refractivity contribution < 1.29 is 32.0 Å². The molecule has 0 bridgehead atoms. The number of hydrogen-bond acceptors (Lipinski definition) is 6. The summed E-state index contributed by atoms with van der Waals surface area (Å²) in [5.41, 5.74) is 2.44. The number of nitrogens with zero attached hydrogens (tertiary/aromatic N) is 4. The zero-order valence-electron chi connectivity index (χ0n) is 33.7. The number of hydrogen-bond donors (Lipinski definition) is 2. The number of pyridine rings is 1. The van der Waals surface area contributed by atoms with Gasteiger partial charge in [-0.2, -0.15) is 13.2 Å². The van der Waals surface area contributed by atoms with Gasteiger partial charge in [0.05, 0.1) is 34.1 Å². The van der Waals surface area contributed by atoms with Crippen molar-refractivity contribution in [1.82, 2.24) is 29.5 Å². The number of aromatic nitrogens is 3. The lowest BCUT2D eigenvalue weighted by atomic mass is 9.96. The minimum absolute atomic E-state index is 0.0122. The number of amides is 3. The van der Waals surface area contributed by atoms with Crippen molar-refractivity contribution in [1.29, 1.82) is 0 Å². The van der Waals surface area contributed by atoms with Gasteiger partial charge in [0.2, 0.25) is 0 Å². The van der Waals surface area contributed by atoms with Crippen LogP contribution in [-0.2, 0) is 39.7 Å². The lowest BCUT2D eigenvalue weighted by molar-refractivity contribution is -0.137. The van der Waals surface area contributed by atoms with E-state index in [1.54, 1.807) is 15.5 Å². The van der Waals surface area contributed by atoms with E-state index in [9.17, 15) is 27.6 Å². The third kappa shape index (κ3) is 7.28. The van der Waals surface area contributed by atoms with Crippen LogP contribution in [0.25, 0.3) is 27.7 Å². The van der Waals surface area contributed by atoms with E-state index in [1.165, 1.54) is 6.20 Å². The van der Waals surface area contributed by atoms with Crippen molar-refractivity contribution in [2.45, 2.75) is 57.4 Å². The highest BCUT2D eigenvalue weighted by molar-refractivity contribution is 6.99. The lowest BCUT2D eigenvalue weighted by Crippen LogP contribution is -2.68. The number of nitrogens with one attached hydrogen (secondary N) is 2. The second-order valence-corrected chi connectivity index (χ2v) is 21.3. The van der Waals surface area contributed by atoms with E-state index < -0.39 is 42.3 Å². The standard InChI is InChI=1S/C46H44ClF3N6O4Si/c1-45(2,61(33-9-5-3-6-10-33,34-11-7-4-8-12-34)60-28-29-13-17-54(18-14-29)44(47)59)24-30-15-19-56-37(26-52-38(56)21-30)40-39(42(57)53-43(40)58)36-27-55-20-16-51-25-31-22-32(46(48,49)50)23-35(36)41(31)55/h3-12,15,19,21-23,26-27,29,51H,13-14,16-18,20,24-25,28H2,1-2H3,(H,53,57,58). The molecule has 61 heavy (non-hydrogen) atoms. The summed E-state index contributed by atoms with van der Waals surface area (Å²) < 4.78 is 53.6. The van der Waals surface area contributed by atoms with Crippen LogP contribution in [0.5, 0.6) is 0 Å². The number of imide groups is 1. The summed E-state index contributed by atoms with van der Waals surface area (Å²) in [6.07, 6.45) is 2.63. The Morgan fingerprint density at radius 1 is 0.918 bits per heavy atom. The summed E-state index contributed by atoms with van der Waals surface area (Å²) in [6.45, 7) is 7.44. The molecule has 2 N–H and O–H groups in total. The first-order chi connectivity index (χ1) is 29.2. The second kappa shape index (κ2) is 15.7. The fourth-order valence-corrected chi connectivity index (χ4v) is 14.8. The van der Waals surface area contributed by atoms with Gasteiger partial charge in [-0.1, -0.05) is 74.5 Å². The van der Waals surface area contributed by atoms with Gasteiger partial charge >= 0.3 is 11.5 Å². The average molecular weight is 865 g/mol. The molecule has 3 aromatic carbocycles. The molecule has 6 heterocycles. The molecule has 6 aromatic rings. The van der Waals surface area contributed by atoms with Crippen LogP contribution >= 0.6 is 11.6 Å². The highest BCUT2D eigenvalue weighted by atomic mass is 35.5. The molecule has 3 amide bonds. The van der Waals surface area contributed by atoms with Crippen LogP contribution in [-0.4, -0.2) is 70.6 Å². The van der Waals surface area contributed by atoms with Crippen molar-refractivity contribution in [2.24, 2.45) is 5.92 Å². The molecule has 0 atom stereocenters. The van der Waals surface area contributed by atoms with Gasteiger partial charge in [0.1, 0.15) is 5.65 Å². The van der Waals surface area contributed by atoms with Crippen molar-refractivity contribution in [3.8, 4) is 0 Å². The number of rotatable bonds is 10. The van der Waals surface area contributed by atoms with Crippen molar-refractivity contribution in [3.05, 3.63) is 131 Å². The summed E-state index contributed by atoms with van der Waals surface area (Å²) >= 11 is 5.81. The highest BCUT2D eigenvalue weighted by Gasteiger charge is 2.53. The fourth-order valence-electron chi connectivity index (χ4n) is 9.71. The number of halogens is 4. The van der Waals surface area contributed by atoms with Crippen molar-refractivity contribution in [2.75, 3.05) is 26.2 Å². The van der Waals surface area contributed by atoms with Crippen LogP contribution in [0.2, 0.25) is 5.04 Å². The van der Waals surface area contributed by atoms with Gasteiger partial charge in [0.15, 0.2) is 0 Å². The van der Waals surface area contributed by atoms with Gasteiger partial charge in [0.25, 0.3) is 20.1 Å². The van der Waals surface area contributed by atoms with Crippen molar-refractivity contribution >= 4 is 75.2 Å². The summed E-state index contributed by atoms with van der Waals surface area (Å²) in [4.78, 5) is 45.6. The number of fused-ring (bicyclic) bond motifs is 1. The first kappa shape index (κ1) is 40.8. The van der Waals surface area contributed by atoms with E-state index >= 15 is 0 Å². The fraction of sp³-hybridized carbons (Fsp3) is 0.304. The van der Waals surface area contributed by atoms with Gasteiger partial charge in [-0.25, -0.2) is 4.98 Å². The van der Waals surface area contributed by atoms with E-state index in [4.69, 9.17) is 21.0 Å². The largest absolute Gasteiger partial charge is 0.416 e. The molecular weight excluding hydrogens is 821 g/mol. The molecule has 3 aliphatic rings. The molecule has 1 saturated heterocycles. The zero-order chi connectivity index (χ0) is 42.7. The highest BCUT2D eigenvalue weighted by Crippen LogP contribution is 2.43. The van der Waals surface area contributed by atoms with E-state index in [0.717, 1.165) is 40.9 Å². The van der Waals surface area contributed by atoms with Gasteiger partial charge in [-0.05, 0) is 87.6 Å². The Morgan fingerprint density at radius 2 is 1.59 bits per heavy atom. The molecule has 0 radical (unpaired) electrons. The summed E-state index contributed by atoms with van der Waals surface area (Å²) in [6, 6.07) is 27.0.